The molecule has 1 rings (SSSR count). The number of rotatable bonds is 2. The van der Waals surface area contributed by atoms with Gasteiger partial charge in [-0.1, -0.05) is 18.2 Å². The van der Waals surface area contributed by atoms with Crippen LogP contribution in [0.15, 0.2) is 24.3 Å². The predicted molar refractivity (Wildman–Crippen MR) is 59.2 cm³/mol. The van der Waals surface area contributed by atoms with Crippen LogP contribution in [-0.4, -0.2) is 17.3 Å². The topological polar surface area (TPSA) is 84.2 Å². The van der Waals surface area contributed by atoms with Gasteiger partial charge in [-0.25, -0.2) is 0 Å². The number of carbonyl (C=O) groups is 2. The summed E-state index contributed by atoms with van der Waals surface area (Å²) in [5, 5.41) is -0.0491. The lowest BCUT2D eigenvalue weighted by molar-refractivity contribution is 0.0939. The van der Waals surface area contributed by atoms with Crippen LogP contribution < -0.4 is 16.6 Å². The van der Waals surface area contributed by atoms with Gasteiger partial charge in [0.25, 0.3) is 5.91 Å². The van der Waals surface area contributed by atoms with E-state index in [1.807, 2.05) is 0 Å². The van der Waals surface area contributed by atoms with Gasteiger partial charge in [-0.3, -0.25) is 20.4 Å². The van der Waals surface area contributed by atoms with Crippen LogP contribution in [0.4, 0.5) is 0 Å². The van der Waals surface area contributed by atoms with E-state index in [0.29, 0.717) is 11.8 Å². The highest BCUT2D eigenvalue weighted by Crippen LogP contribution is 2.05. The molecule has 0 aromatic heterocycles. The standard InChI is InChI=1S/C9H9N3O2S/c10-9(15)12-11-8(14)7-4-2-1-3-6(7)5-13/h1-5H,(H,11,14)(H3,10,12,15). The van der Waals surface area contributed by atoms with Crippen molar-refractivity contribution in [3.8, 4) is 0 Å². The van der Waals surface area contributed by atoms with E-state index in [9.17, 15) is 9.59 Å². The fourth-order valence-corrected chi connectivity index (χ4v) is 1.04. The largest absolute Gasteiger partial charge is 0.375 e. The van der Waals surface area contributed by atoms with Crippen LogP contribution in [-0.2, 0) is 0 Å². The smallest absolute Gasteiger partial charge is 0.270 e. The second kappa shape index (κ2) is 5.06. The highest BCUT2D eigenvalue weighted by Gasteiger charge is 2.09. The van der Waals surface area contributed by atoms with Crippen LogP contribution >= 0.6 is 12.2 Å². The lowest BCUT2D eigenvalue weighted by atomic mass is 10.1. The Labute approximate surface area is 91.6 Å². The van der Waals surface area contributed by atoms with Gasteiger partial charge in [-0.2, -0.15) is 0 Å². The van der Waals surface area contributed by atoms with Crippen LogP contribution in [0.3, 0.4) is 0 Å². The molecule has 5 nitrogen and oxygen atoms in total. The molecule has 0 atom stereocenters. The third-order valence-electron chi connectivity index (χ3n) is 1.63. The van der Waals surface area contributed by atoms with Gasteiger partial charge in [-0.15, -0.1) is 0 Å². The monoisotopic (exact) mass is 223 g/mol. The summed E-state index contributed by atoms with van der Waals surface area (Å²) in [5.74, 6) is -0.467. The summed E-state index contributed by atoms with van der Waals surface area (Å²) in [6.07, 6.45) is 0.607. The average molecular weight is 223 g/mol. The van der Waals surface area contributed by atoms with Crippen LogP contribution in [0.5, 0.6) is 0 Å². The van der Waals surface area contributed by atoms with Crippen LogP contribution in [0, 0.1) is 0 Å². The van der Waals surface area contributed by atoms with Crippen molar-refractivity contribution >= 4 is 29.5 Å². The number of carbonyl (C=O) groups excluding carboxylic acids is 2. The summed E-state index contributed by atoms with van der Waals surface area (Å²) in [6.45, 7) is 0. The molecule has 0 unspecified atom stereocenters. The molecular formula is C9H9N3O2S. The van der Waals surface area contributed by atoms with Gasteiger partial charge in [0.1, 0.15) is 0 Å². The first-order valence-corrected chi connectivity index (χ1v) is 4.46. The molecule has 78 valence electrons. The fraction of sp³-hybridized carbons (Fsp3) is 0. The molecule has 0 fully saturated rings. The first-order valence-electron chi connectivity index (χ1n) is 4.05. The molecule has 6 heteroatoms. The Morgan fingerprint density at radius 1 is 1.33 bits per heavy atom. The molecule has 0 radical (unpaired) electrons. The molecule has 15 heavy (non-hydrogen) atoms. The summed E-state index contributed by atoms with van der Waals surface area (Å²) >= 11 is 4.51. The van der Waals surface area contributed by atoms with Gasteiger partial charge in [0.05, 0.1) is 5.56 Å². The summed E-state index contributed by atoms with van der Waals surface area (Å²) in [7, 11) is 0. The molecule has 0 heterocycles. The van der Waals surface area contributed by atoms with E-state index < -0.39 is 5.91 Å². The van der Waals surface area contributed by atoms with Gasteiger partial charge >= 0.3 is 0 Å². The molecule has 1 amide bonds. The molecule has 0 saturated heterocycles. The van der Waals surface area contributed by atoms with Gasteiger partial charge in [-0.05, 0) is 18.3 Å². The third kappa shape index (κ3) is 3.03. The first kappa shape index (κ1) is 11.1. The zero-order valence-electron chi connectivity index (χ0n) is 7.69. The van der Waals surface area contributed by atoms with Gasteiger partial charge in [0.2, 0.25) is 0 Å². The Bertz CT molecular complexity index is 406. The molecule has 0 aliphatic rings. The molecule has 0 aliphatic heterocycles. The molecule has 0 spiro atoms. The maximum absolute atomic E-state index is 11.5. The predicted octanol–water partition coefficient (Wildman–Crippen LogP) is -0.0229. The SMILES string of the molecule is NC(=S)NNC(=O)c1ccccc1C=O. The molecule has 4 N–H and O–H groups in total. The molecule has 1 aromatic carbocycles. The number of thiocarbonyl (C=S) groups is 1. The van der Waals surface area contributed by atoms with E-state index in [2.05, 4.69) is 23.1 Å². The van der Waals surface area contributed by atoms with Crippen molar-refractivity contribution in [2.75, 3.05) is 0 Å². The zero-order chi connectivity index (χ0) is 11.3. The number of nitrogens with two attached hydrogens (primary N) is 1. The van der Waals surface area contributed by atoms with E-state index in [-0.39, 0.29) is 10.7 Å². The number of amides is 1. The van der Waals surface area contributed by atoms with Gasteiger partial charge in [0, 0.05) is 5.56 Å². The number of hydrazine groups is 1. The molecule has 0 aliphatic carbocycles. The minimum absolute atomic E-state index is 0.0491. The van der Waals surface area contributed by atoms with Crippen LogP contribution in [0.2, 0.25) is 0 Å². The molecule has 1 aromatic rings. The van der Waals surface area contributed by atoms with Crippen molar-refractivity contribution in [2.24, 2.45) is 5.73 Å². The van der Waals surface area contributed by atoms with Crippen molar-refractivity contribution < 1.29 is 9.59 Å². The fourth-order valence-electron chi connectivity index (χ4n) is 0.992. The number of hydrogen-bond acceptors (Lipinski definition) is 3. The Morgan fingerprint density at radius 2 is 2.00 bits per heavy atom. The molecule has 0 saturated carbocycles. The first-order chi connectivity index (χ1) is 7.15. The number of nitrogens with one attached hydrogen (secondary N) is 2. The number of aldehydes is 1. The second-order valence-corrected chi connectivity index (χ2v) is 3.09. The Kier molecular flexibility index (Phi) is 3.75. The maximum atomic E-state index is 11.5. The lowest BCUT2D eigenvalue weighted by Crippen LogP contribution is -2.44. The van der Waals surface area contributed by atoms with E-state index in [4.69, 9.17) is 5.73 Å². The Morgan fingerprint density at radius 3 is 2.60 bits per heavy atom. The van der Waals surface area contributed by atoms with Crippen molar-refractivity contribution in [1.29, 1.82) is 0 Å². The average Bonchev–Trinajstić information content (AvgIpc) is 2.25. The van der Waals surface area contributed by atoms with Crippen LogP contribution in [0.25, 0.3) is 0 Å². The summed E-state index contributed by atoms with van der Waals surface area (Å²) in [6, 6.07) is 6.40. The van der Waals surface area contributed by atoms with Crippen molar-refractivity contribution in [3.05, 3.63) is 35.4 Å². The zero-order valence-corrected chi connectivity index (χ0v) is 8.51. The Hall–Kier alpha value is -1.95. The van der Waals surface area contributed by atoms with E-state index in [1.54, 1.807) is 18.2 Å². The molecule has 0 bridgehead atoms. The minimum Gasteiger partial charge on any atom is -0.375 e. The highest BCUT2D eigenvalue weighted by molar-refractivity contribution is 7.80. The van der Waals surface area contributed by atoms with E-state index >= 15 is 0 Å². The second-order valence-electron chi connectivity index (χ2n) is 2.65. The van der Waals surface area contributed by atoms with E-state index in [1.165, 1.54) is 6.07 Å². The molecular weight excluding hydrogens is 214 g/mol. The normalized spacial score (nSPS) is 9.07. The minimum atomic E-state index is -0.467. The van der Waals surface area contributed by atoms with Crippen molar-refractivity contribution in [3.63, 3.8) is 0 Å². The Balaban J connectivity index is 2.81. The van der Waals surface area contributed by atoms with E-state index in [0.717, 1.165) is 0 Å². The summed E-state index contributed by atoms with van der Waals surface area (Å²) in [5.41, 5.74) is 10.2. The quantitative estimate of drug-likeness (QED) is 0.373. The van der Waals surface area contributed by atoms with Crippen molar-refractivity contribution in [1.82, 2.24) is 10.9 Å². The van der Waals surface area contributed by atoms with Gasteiger partial charge in [0.15, 0.2) is 11.4 Å². The van der Waals surface area contributed by atoms with Crippen molar-refractivity contribution in [2.45, 2.75) is 0 Å². The summed E-state index contributed by atoms with van der Waals surface area (Å²) in [4.78, 5) is 22.1. The lowest BCUT2D eigenvalue weighted by Gasteiger charge is -2.07. The maximum Gasteiger partial charge on any atom is 0.270 e. The third-order valence-corrected chi connectivity index (χ3v) is 1.73. The van der Waals surface area contributed by atoms with Crippen LogP contribution in [0.1, 0.15) is 20.7 Å². The highest BCUT2D eigenvalue weighted by atomic mass is 32.1. The summed E-state index contributed by atoms with van der Waals surface area (Å²) < 4.78 is 0. The number of hydrogen-bond donors (Lipinski definition) is 3. The number of benzene rings is 1. The van der Waals surface area contributed by atoms with Gasteiger partial charge < -0.3 is 5.73 Å².